The Bertz CT molecular complexity index is 1160. The van der Waals surface area contributed by atoms with Gasteiger partial charge in [0.2, 0.25) is 0 Å². The number of benzene rings is 3. The molecule has 2 aliphatic rings. The van der Waals surface area contributed by atoms with Gasteiger partial charge >= 0.3 is 0 Å². The summed E-state index contributed by atoms with van der Waals surface area (Å²) in [5.41, 5.74) is 5.04. The molecular weight excluding hydrogens is 460 g/mol. The van der Waals surface area contributed by atoms with Gasteiger partial charge in [-0.3, -0.25) is 0 Å². The first-order valence-electron chi connectivity index (χ1n) is 14.6. The van der Waals surface area contributed by atoms with Crippen molar-refractivity contribution in [3.63, 3.8) is 0 Å². The second-order valence-electron chi connectivity index (χ2n) is 11.5. The first-order chi connectivity index (χ1) is 18.7. The van der Waals surface area contributed by atoms with Crippen LogP contribution >= 0.6 is 0 Å². The monoisotopic (exact) mass is 502 g/mol. The minimum Gasteiger partial charge on any atom is -0.310 e. The molecule has 2 aliphatic heterocycles. The van der Waals surface area contributed by atoms with E-state index in [2.05, 4.69) is 109 Å². The van der Waals surface area contributed by atoms with Crippen LogP contribution in [-0.2, 0) is 13.1 Å². The normalized spacial score (nSPS) is 17.9. The Morgan fingerprint density at radius 3 is 1.18 bits per heavy atom. The zero-order chi connectivity index (χ0) is 25.9. The van der Waals surface area contributed by atoms with E-state index in [4.69, 9.17) is 0 Å². The lowest BCUT2D eigenvalue weighted by Gasteiger charge is -2.40. The van der Waals surface area contributed by atoms with Crippen molar-refractivity contribution in [3.05, 3.63) is 107 Å². The Hall–Kier alpha value is -3.30. The van der Waals surface area contributed by atoms with Crippen LogP contribution in [0.25, 0.3) is 0 Å². The van der Waals surface area contributed by atoms with Gasteiger partial charge in [-0.2, -0.15) is 0 Å². The second kappa shape index (κ2) is 13.0. The molecule has 5 rings (SSSR count). The Balaban J connectivity index is 1.21. The Morgan fingerprint density at radius 1 is 0.447 bits per heavy atom. The van der Waals surface area contributed by atoms with Gasteiger partial charge in [-0.05, 0) is 74.6 Å². The summed E-state index contributed by atoms with van der Waals surface area (Å²) >= 11 is 0. The number of likely N-dealkylation sites (tertiary alicyclic amines) is 2. The second-order valence-corrected chi connectivity index (χ2v) is 11.5. The fourth-order valence-corrected chi connectivity index (χ4v) is 6.31. The highest BCUT2D eigenvalue weighted by molar-refractivity contribution is 5.42. The molecule has 3 aromatic carbocycles. The van der Waals surface area contributed by atoms with Crippen LogP contribution in [0.15, 0.2) is 84.9 Å². The van der Waals surface area contributed by atoms with Crippen molar-refractivity contribution in [2.75, 3.05) is 39.3 Å². The van der Waals surface area contributed by atoms with E-state index < -0.39 is 0 Å². The zero-order valence-corrected chi connectivity index (χ0v) is 22.9. The molecule has 3 aromatic rings. The maximum absolute atomic E-state index is 3.55. The largest absolute Gasteiger partial charge is 0.310 e. The van der Waals surface area contributed by atoms with Crippen molar-refractivity contribution < 1.29 is 8.97 Å². The lowest BCUT2D eigenvalue weighted by molar-refractivity contribution is -0.938. The topological polar surface area (TPSA) is 0 Å². The molecule has 0 aliphatic carbocycles. The number of piperidine rings is 2. The van der Waals surface area contributed by atoms with Gasteiger partial charge < -0.3 is 8.97 Å². The van der Waals surface area contributed by atoms with Crippen molar-refractivity contribution >= 4 is 0 Å². The predicted molar refractivity (Wildman–Crippen MR) is 158 cm³/mol. The van der Waals surface area contributed by atoms with Gasteiger partial charge in [-0.1, -0.05) is 72.5 Å². The lowest BCUT2D eigenvalue weighted by atomic mass is 10.0. The minimum absolute atomic E-state index is 0.928. The fraction of sp³-hybridized carbons (Fsp3) is 0.389. The predicted octanol–water partition coefficient (Wildman–Crippen LogP) is 6.79. The average molecular weight is 503 g/mol. The number of hydrogen-bond donors (Lipinski definition) is 0. The summed E-state index contributed by atoms with van der Waals surface area (Å²) in [6.07, 6.45) is 7.97. The summed E-state index contributed by atoms with van der Waals surface area (Å²) in [6.45, 7) is 8.99. The molecule has 0 saturated carbocycles. The molecule has 0 aromatic heterocycles. The van der Waals surface area contributed by atoms with E-state index in [1.165, 1.54) is 75.8 Å². The number of nitrogens with zero attached hydrogens (tertiary/aromatic N) is 2. The highest BCUT2D eigenvalue weighted by Crippen LogP contribution is 2.23. The van der Waals surface area contributed by atoms with Crippen LogP contribution in [0.3, 0.4) is 0 Å². The van der Waals surface area contributed by atoms with E-state index in [1.54, 1.807) is 0 Å². The minimum atomic E-state index is 0.928. The van der Waals surface area contributed by atoms with Gasteiger partial charge in [0, 0.05) is 22.3 Å². The summed E-state index contributed by atoms with van der Waals surface area (Å²) < 4.78 is 2.20. The first kappa shape index (κ1) is 26.3. The first-order valence-corrected chi connectivity index (χ1v) is 14.6. The molecule has 2 heteroatoms. The van der Waals surface area contributed by atoms with Gasteiger partial charge in [0.1, 0.15) is 26.2 Å². The lowest BCUT2D eigenvalue weighted by Crippen LogP contribution is -2.50. The van der Waals surface area contributed by atoms with Crippen molar-refractivity contribution in [2.45, 2.75) is 51.6 Å². The molecule has 0 bridgehead atoms. The molecule has 2 saturated heterocycles. The van der Waals surface area contributed by atoms with Gasteiger partial charge in [0.25, 0.3) is 0 Å². The van der Waals surface area contributed by atoms with Gasteiger partial charge in [0.05, 0.1) is 26.2 Å². The maximum atomic E-state index is 3.55. The van der Waals surface area contributed by atoms with E-state index in [-0.39, 0.29) is 0 Å². The van der Waals surface area contributed by atoms with E-state index in [0.717, 1.165) is 46.3 Å². The van der Waals surface area contributed by atoms with Gasteiger partial charge in [-0.25, -0.2) is 0 Å². The molecule has 0 N–H and O–H groups in total. The molecule has 0 atom stereocenters. The third kappa shape index (κ3) is 7.39. The summed E-state index contributed by atoms with van der Waals surface area (Å²) in [5.74, 6) is 14.0. The van der Waals surface area contributed by atoms with E-state index in [1.807, 2.05) is 0 Å². The molecule has 2 nitrogen and oxygen atoms in total. The van der Waals surface area contributed by atoms with Crippen molar-refractivity contribution in [3.8, 4) is 23.7 Å². The SMILES string of the molecule is C(#Cc1ccc(C#CC[N+]2(Cc3ccccc3)CCCCC2)cc1)C[N+]1(Cc2ccccc2)CCCCC1. The molecule has 0 unspecified atom stereocenters. The summed E-state index contributed by atoms with van der Waals surface area (Å²) in [6, 6.07) is 30.5. The van der Waals surface area contributed by atoms with Gasteiger partial charge in [0.15, 0.2) is 0 Å². The van der Waals surface area contributed by atoms with Crippen LogP contribution in [0.4, 0.5) is 0 Å². The van der Waals surface area contributed by atoms with Crippen molar-refractivity contribution in [1.82, 2.24) is 0 Å². The summed E-state index contributed by atoms with van der Waals surface area (Å²) in [4.78, 5) is 0. The van der Waals surface area contributed by atoms with Crippen LogP contribution in [0, 0.1) is 23.7 Å². The standard InChI is InChI=1S/C36H42N2/c1-5-15-35(16-6-1)31-37(25-9-3-10-26-37)29-13-19-33-21-23-34(24-22-33)20-14-30-38(27-11-4-12-28-38)32-36-17-7-2-8-18-36/h1-2,5-8,15-18,21-24H,3-4,9-12,25-32H2/q+2. The smallest absolute Gasteiger partial charge is 0.141 e. The third-order valence-corrected chi connectivity index (χ3v) is 8.43. The van der Waals surface area contributed by atoms with Crippen LogP contribution in [0.2, 0.25) is 0 Å². The van der Waals surface area contributed by atoms with Crippen LogP contribution in [0.5, 0.6) is 0 Å². The van der Waals surface area contributed by atoms with Crippen LogP contribution in [-0.4, -0.2) is 48.2 Å². The fourth-order valence-electron chi connectivity index (χ4n) is 6.31. The molecule has 38 heavy (non-hydrogen) atoms. The van der Waals surface area contributed by atoms with E-state index in [0.29, 0.717) is 0 Å². The van der Waals surface area contributed by atoms with E-state index in [9.17, 15) is 0 Å². The van der Waals surface area contributed by atoms with Crippen molar-refractivity contribution in [2.24, 2.45) is 0 Å². The Kier molecular flexibility index (Phi) is 8.98. The van der Waals surface area contributed by atoms with Gasteiger partial charge in [-0.15, -0.1) is 0 Å². The molecule has 0 spiro atoms. The average Bonchev–Trinajstić information content (AvgIpc) is 2.96. The van der Waals surface area contributed by atoms with Crippen LogP contribution < -0.4 is 0 Å². The van der Waals surface area contributed by atoms with Crippen molar-refractivity contribution in [1.29, 1.82) is 0 Å². The molecule has 2 fully saturated rings. The molecule has 2 heterocycles. The highest BCUT2D eigenvalue weighted by atomic mass is 15.4. The van der Waals surface area contributed by atoms with E-state index >= 15 is 0 Å². The summed E-state index contributed by atoms with van der Waals surface area (Å²) in [5, 5.41) is 0. The molecule has 0 amide bonds. The number of quaternary nitrogens is 2. The number of hydrogen-bond acceptors (Lipinski definition) is 0. The van der Waals surface area contributed by atoms with Crippen LogP contribution in [0.1, 0.15) is 60.8 Å². The molecular formula is C36H42N2+2. The Morgan fingerprint density at radius 2 is 0.816 bits per heavy atom. The maximum Gasteiger partial charge on any atom is 0.141 e. The number of rotatable bonds is 6. The molecule has 0 radical (unpaired) electrons. The quantitative estimate of drug-likeness (QED) is 0.257. The third-order valence-electron chi connectivity index (χ3n) is 8.43. The summed E-state index contributed by atoms with van der Waals surface area (Å²) in [7, 11) is 0. The Labute approximate surface area is 230 Å². The highest BCUT2D eigenvalue weighted by Gasteiger charge is 2.30. The molecule has 194 valence electrons. The zero-order valence-electron chi connectivity index (χ0n) is 22.9.